The maximum atomic E-state index is 13.2. The molecule has 0 radical (unpaired) electrons. The first-order valence-electron chi connectivity index (χ1n) is 9.54. The number of piperazine rings is 1. The number of alkyl halides is 3. The third-order valence-electron chi connectivity index (χ3n) is 4.92. The van der Waals surface area contributed by atoms with E-state index in [1.165, 1.54) is 35.0 Å². The lowest BCUT2D eigenvalue weighted by Crippen LogP contribution is -2.51. The number of nitrogens with zero attached hydrogens (tertiary/aromatic N) is 2. The lowest BCUT2D eigenvalue weighted by Gasteiger charge is -2.35. The summed E-state index contributed by atoms with van der Waals surface area (Å²) in [6.07, 6.45) is -4.63. The predicted octanol–water partition coefficient (Wildman–Crippen LogP) is 3.05. The van der Waals surface area contributed by atoms with Crippen LogP contribution in [0.4, 0.5) is 23.7 Å². The zero-order valence-electron chi connectivity index (χ0n) is 16.7. The predicted molar refractivity (Wildman–Crippen MR) is 108 cm³/mol. The molecule has 7 nitrogen and oxygen atoms in total. The summed E-state index contributed by atoms with van der Waals surface area (Å²) in [6.45, 7) is 0.551. The molecule has 4 amide bonds. The lowest BCUT2D eigenvalue weighted by atomic mass is 10.1. The van der Waals surface area contributed by atoms with E-state index < -0.39 is 29.2 Å². The van der Waals surface area contributed by atoms with E-state index in [1.807, 2.05) is 0 Å². The minimum absolute atomic E-state index is 0.108. The van der Waals surface area contributed by atoms with Crippen LogP contribution in [0.15, 0.2) is 48.5 Å². The van der Waals surface area contributed by atoms with E-state index in [9.17, 15) is 27.6 Å². The molecule has 2 N–H and O–H groups in total. The van der Waals surface area contributed by atoms with Crippen LogP contribution in [0.2, 0.25) is 0 Å². The summed E-state index contributed by atoms with van der Waals surface area (Å²) < 4.78 is 39.6. The Labute approximate surface area is 176 Å². The summed E-state index contributed by atoms with van der Waals surface area (Å²) in [6, 6.07) is 10.7. The number of carbonyl (C=O) groups excluding carboxylic acids is 3. The van der Waals surface area contributed by atoms with Crippen molar-refractivity contribution in [2.75, 3.05) is 38.5 Å². The zero-order valence-corrected chi connectivity index (χ0v) is 16.7. The number of nitrogens with one attached hydrogen (secondary N) is 2. The number of rotatable bonds is 3. The van der Waals surface area contributed by atoms with Gasteiger partial charge in [0, 0.05) is 44.5 Å². The zero-order chi connectivity index (χ0) is 22.6. The van der Waals surface area contributed by atoms with Gasteiger partial charge in [-0.1, -0.05) is 18.2 Å². The first kappa shape index (κ1) is 22.1. The molecule has 0 bridgehead atoms. The van der Waals surface area contributed by atoms with Crippen molar-refractivity contribution in [3.05, 3.63) is 65.2 Å². The Morgan fingerprint density at radius 2 is 1.55 bits per heavy atom. The van der Waals surface area contributed by atoms with Crippen LogP contribution in [0.1, 0.15) is 26.3 Å². The molecule has 1 heterocycles. The second-order valence-corrected chi connectivity index (χ2v) is 6.91. The van der Waals surface area contributed by atoms with Crippen molar-refractivity contribution in [2.45, 2.75) is 6.18 Å². The van der Waals surface area contributed by atoms with Crippen molar-refractivity contribution >= 4 is 23.5 Å². The van der Waals surface area contributed by atoms with Crippen LogP contribution >= 0.6 is 0 Å². The van der Waals surface area contributed by atoms with Gasteiger partial charge < -0.3 is 20.4 Å². The monoisotopic (exact) mass is 434 g/mol. The third kappa shape index (κ3) is 5.14. The fraction of sp³-hybridized carbons (Fsp3) is 0.286. The molecule has 3 rings (SSSR count). The number of amides is 4. The van der Waals surface area contributed by atoms with Crippen molar-refractivity contribution in [3.8, 4) is 0 Å². The molecule has 0 spiro atoms. The van der Waals surface area contributed by atoms with Gasteiger partial charge in [-0.15, -0.1) is 0 Å². The largest absolute Gasteiger partial charge is 0.417 e. The summed E-state index contributed by atoms with van der Waals surface area (Å²) in [5, 5.41) is 5.19. The Morgan fingerprint density at radius 3 is 2.19 bits per heavy atom. The molecule has 1 fully saturated rings. The fourth-order valence-corrected chi connectivity index (χ4v) is 3.28. The SMILES string of the molecule is CNC(=O)c1cccc(NC(=O)N2CCN(C(=O)c3ccccc3C(F)(F)F)CC2)c1. The number of halogens is 3. The van der Waals surface area contributed by atoms with Crippen molar-refractivity contribution in [1.82, 2.24) is 15.1 Å². The van der Waals surface area contributed by atoms with Crippen LogP contribution in [0.3, 0.4) is 0 Å². The second-order valence-electron chi connectivity index (χ2n) is 6.91. The molecule has 1 aliphatic heterocycles. The van der Waals surface area contributed by atoms with Gasteiger partial charge in [0.25, 0.3) is 11.8 Å². The third-order valence-corrected chi connectivity index (χ3v) is 4.92. The Hall–Kier alpha value is -3.56. The van der Waals surface area contributed by atoms with Gasteiger partial charge in [0.2, 0.25) is 0 Å². The molecule has 0 unspecified atom stereocenters. The molecule has 164 valence electrons. The molecule has 0 aromatic heterocycles. The molecular weight excluding hydrogens is 413 g/mol. The average molecular weight is 434 g/mol. The van der Waals surface area contributed by atoms with Gasteiger partial charge in [-0.05, 0) is 30.3 Å². The number of carbonyl (C=O) groups is 3. The van der Waals surface area contributed by atoms with Gasteiger partial charge in [0.1, 0.15) is 0 Å². The maximum absolute atomic E-state index is 13.2. The van der Waals surface area contributed by atoms with E-state index >= 15 is 0 Å². The van der Waals surface area contributed by atoms with Gasteiger partial charge >= 0.3 is 12.2 Å². The summed E-state index contributed by atoms with van der Waals surface area (Å²) in [7, 11) is 1.50. The van der Waals surface area contributed by atoms with Gasteiger partial charge in [-0.3, -0.25) is 9.59 Å². The summed E-state index contributed by atoms with van der Waals surface area (Å²) in [4.78, 5) is 39.6. The average Bonchev–Trinajstić information content (AvgIpc) is 2.77. The number of hydrogen-bond acceptors (Lipinski definition) is 3. The van der Waals surface area contributed by atoms with Crippen LogP contribution in [-0.4, -0.2) is 60.9 Å². The molecule has 31 heavy (non-hydrogen) atoms. The van der Waals surface area contributed by atoms with E-state index in [1.54, 1.807) is 18.2 Å². The van der Waals surface area contributed by atoms with Crippen molar-refractivity contribution in [3.63, 3.8) is 0 Å². The number of benzene rings is 2. The molecule has 0 aliphatic carbocycles. The Morgan fingerprint density at radius 1 is 0.903 bits per heavy atom. The highest BCUT2D eigenvalue weighted by molar-refractivity contribution is 5.97. The summed E-state index contributed by atoms with van der Waals surface area (Å²) in [5.41, 5.74) is -0.558. The Balaban J connectivity index is 1.62. The first-order valence-corrected chi connectivity index (χ1v) is 9.54. The van der Waals surface area contributed by atoms with Crippen LogP contribution < -0.4 is 10.6 Å². The van der Waals surface area contributed by atoms with Gasteiger partial charge in [0.15, 0.2) is 0 Å². The highest BCUT2D eigenvalue weighted by Crippen LogP contribution is 2.32. The normalized spacial score (nSPS) is 14.2. The fourth-order valence-electron chi connectivity index (χ4n) is 3.28. The Bertz CT molecular complexity index is 986. The first-order chi connectivity index (χ1) is 14.7. The number of hydrogen-bond donors (Lipinski definition) is 2. The lowest BCUT2D eigenvalue weighted by molar-refractivity contribution is -0.138. The Kier molecular flexibility index (Phi) is 6.47. The second kappa shape index (κ2) is 9.07. The molecule has 2 aromatic rings. The molecular formula is C21H21F3N4O3. The van der Waals surface area contributed by atoms with E-state index in [4.69, 9.17) is 0 Å². The van der Waals surface area contributed by atoms with Crippen molar-refractivity contribution < 1.29 is 27.6 Å². The van der Waals surface area contributed by atoms with E-state index in [0.29, 0.717) is 11.3 Å². The number of urea groups is 1. The van der Waals surface area contributed by atoms with Crippen molar-refractivity contribution in [2.24, 2.45) is 0 Å². The van der Waals surface area contributed by atoms with Crippen LogP contribution in [0.25, 0.3) is 0 Å². The van der Waals surface area contributed by atoms with E-state index in [0.717, 1.165) is 12.1 Å². The molecule has 1 aliphatic rings. The molecule has 0 saturated carbocycles. The molecule has 10 heteroatoms. The van der Waals surface area contributed by atoms with Crippen molar-refractivity contribution in [1.29, 1.82) is 0 Å². The molecule has 0 atom stereocenters. The van der Waals surface area contributed by atoms with Crippen LogP contribution in [0.5, 0.6) is 0 Å². The molecule has 2 aromatic carbocycles. The van der Waals surface area contributed by atoms with Gasteiger partial charge in [-0.2, -0.15) is 13.2 Å². The standard InChI is InChI=1S/C21H21F3N4O3/c1-25-18(29)14-5-4-6-15(13-14)26-20(31)28-11-9-27(10-12-28)19(30)16-7-2-3-8-17(16)21(22,23)24/h2-8,13H,9-12H2,1H3,(H,25,29)(H,26,31). The number of anilines is 1. The summed E-state index contributed by atoms with van der Waals surface area (Å²) >= 11 is 0. The summed E-state index contributed by atoms with van der Waals surface area (Å²) in [5.74, 6) is -1.01. The van der Waals surface area contributed by atoms with Gasteiger partial charge in [0.05, 0.1) is 11.1 Å². The molecule has 1 saturated heterocycles. The smallest absolute Gasteiger partial charge is 0.355 e. The van der Waals surface area contributed by atoms with Gasteiger partial charge in [-0.25, -0.2) is 4.79 Å². The van der Waals surface area contributed by atoms with Crippen LogP contribution in [-0.2, 0) is 6.18 Å². The van der Waals surface area contributed by atoms with E-state index in [-0.39, 0.29) is 32.1 Å². The van der Waals surface area contributed by atoms with E-state index in [2.05, 4.69) is 10.6 Å². The maximum Gasteiger partial charge on any atom is 0.417 e. The minimum Gasteiger partial charge on any atom is -0.355 e. The quantitative estimate of drug-likeness (QED) is 0.779. The van der Waals surface area contributed by atoms with Crippen LogP contribution in [0, 0.1) is 0 Å². The highest BCUT2D eigenvalue weighted by Gasteiger charge is 2.36. The topological polar surface area (TPSA) is 81.8 Å². The highest BCUT2D eigenvalue weighted by atomic mass is 19.4. The minimum atomic E-state index is -4.63.